The Kier molecular flexibility index (Phi) is 3.62. The average molecular weight is 266 g/mol. The fraction of sp³-hybridized carbons (Fsp3) is 0.368. The van der Waals surface area contributed by atoms with Crippen molar-refractivity contribution in [2.75, 3.05) is 0 Å². The highest BCUT2D eigenvalue weighted by Gasteiger charge is 2.58. The van der Waals surface area contributed by atoms with Crippen molar-refractivity contribution >= 4 is 0 Å². The van der Waals surface area contributed by atoms with Crippen molar-refractivity contribution in [1.82, 2.24) is 0 Å². The normalized spacial score (nSPS) is 21.4. The van der Waals surface area contributed by atoms with E-state index in [1.807, 2.05) is 0 Å². The topological polar surface area (TPSA) is 12.5 Å². The summed E-state index contributed by atoms with van der Waals surface area (Å²) in [6.45, 7) is 4.56. The van der Waals surface area contributed by atoms with Gasteiger partial charge in [0.2, 0.25) is 0 Å². The summed E-state index contributed by atoms with van der Waals surface area (Å²) in [4.78, 5) is 0. The van der Waals surface area contributed by atoms with E-state index >= 15 is 0 Å². The van der Waals surface area contributed by atoms with Crippen LogP contribution in [-0.4, -0.2) is 6.10 Å². The van der Waals surface area contributed by atoms with Gasteiger partial charge in [0.1, 0.15) is 5.60 Å². The molecule has 1 heteroatoms. The van der Waals surface area contributed by atoms with Crippen LogP contribution in [0.1, 0.15) is 37.8 Å². The van der Waals surface area contributed by atoms with Crippen molar-refractivity contribution < 1.29 is 4.74 Å². The van der Waals surface area contributed by atoms with Crippen LogP contribution in [0.3, 0.4) is 0 Å². The third-order valence-corrected chi connectivity index (χ3v) is 4.44. The van der Waals surface area contributed by atoms with E-state index in [2.05, 4.69) is 74.5 Å². The van der Waals surface area contributed by atoms with Crippen LogP contribution in [0.5, 0.6) is 0 Å². The van der Waals surface area contributed by atoms with Crippen LogP contribution in [-0.2, 0) is 10.3 Å². The van der Waals surface area contributed by atoms with Crippen molar-refractivity contribution in [2.24, 2.45) is 5.92 Å². The standard InChI is InChI=1S/C19H22O/c1-3-15(2)14-18-19(20-18,16-10-6-4-7-11-16)17-12-8-5-9-13-17/h4-13,15,18H,3,14H2,1-2H3. The van der Waals surface area contributed by atoms with Gasteiger partial charge in [0.25, 0.3) is 0 Å². The van der Waals surface area contributed by atoms with E-state index in [4.69, 9.17) is 4.74 Å². The van der Waals surface area contributed by atoms with E-state index < -0.39 is 0 Å². The van der Waals surface area contributed by atoms with Crippen LogP contribution in [0.15, 0.2) is 60.7 Å². The largest absolute Gasteiger partial charge is 0.356 e. The molecule has 20 heavy (non-hydrogen) atoms. The fourth-order valence-electron chi connectivity index (χ4n) is 2.98. The molecule has 1 fully saturated rings. The first-order valence-corrected chi connectivity index (χ1v) is 7.56. The molecule has 104 valence electrons. The van der Waals surface area contributed by atoms with E-state index in [-0.39, 0.29) is 5.60 Å². The maximum absolute atomic E-state index is 6.25. The van der Waals surface area contributed by atoms with Gasteiger partial charge in [-0.3, -0.25) is 0 Å². The van der Waals surface area contributed by atoms with Crippen LogP contribution >= 0.6 is 0 Å². The van der Waals surface area contributed by atoms with Gasteiger partial charge in [0.05, 0.1) is 6.10 Å². The molecule has 1 aliphatic heterocycles. The summed E-state index contributed by atoms with van der Waals surface area (Å²) in [6.07, 6.45) is 2.64. The van der Waals surface area contributed by atoms with E-state index in [1.54, 1.807) is 0 Å². The highest BCUT2D eigenvalue weighted by Crippen LogP contribution is 2.54. The summed E-state index contributed by atoms with van der Waals surface area (Å²) >= 11 is 0. The van der Waals surface area contributed by atoms with Gasteiger partial charge < -0.3 is 4.74 Å². The Hall–Kier alpha value is -1.60. The molecule has 0 saturated carbocycles. The van der Waals surface area contributed by atoms with Crippen molar-refractivity contribution in [3.63, 3.8) is 0 Å². The number of rotatable bonds is 5. The van der Waals surface area contributed by atoms with Crippen molar-refractivity contribution in [2.45, 2.75) is 38.4 Å². The molecular weight excluding hydrogens is 244 g/mol. The lowest BCUT2D eigenvalue weighted by Crippen LogP contribution is -2.16. The third-order valence-electron chi connectivity index (χ3n) is 4.44. The Morgan fingerprint density at radius 1 is 0.950 bits per heavy atom. The van der Waals surface area contributed by atoms with E-state index in [1.165, 1.54) is 17.5 Å². The maximum Gasteiger partial charge on any atom is 0.145 e. The van der Waals surface area contributed by atoms with Crippen molar-refractivity contribution in [3.05, 3.63) is 71.8 Å². The molecule has 0 spiro atoms. The number of ether oxygens (including phenoxy) is 1. The number of hydrogen-bond acceptors (Lipinski definition) is 1. The van der Waals surface area contributed by atoms with Crippen LogP contribution < -0.4 is 0 Å². The molecule has 3 rings (SSSR count). The molecule has 0 aromatic heterocycles. The first-order chi connectivity index (χ1) is 9.77. The lowest BCUT2D eigenvalue weighted by Gasteiger charge is -2.15. The second kappa shape index (κ2) is 5.41. The zero-order valence-corrected chi connectivity index (χ0v) is 12.3. The smallest absolute Gasteiger partial charge is 0.145 e. The molecule has 2 aromatic rings. The second-order valence-corrected chi connectivity index (χ2v) is 5.82. The lowest BCUT2D eigenvalue weighted by molar-refractivity contribution is 0.310. The van der Waals surface area contributed by atoms with Crippen LogP contribution in [0.2, 0.25) is 0 Å². The number of epoxide rings is 1. The summed E-state index contributed by atoms with van der Waals surface area (Å²) in [7, 11) is 0. The van der Waals surface area contributed by atoms with Gasteiger partial charge in [-0.05, 0) is 23.5 Å². The summed E-state index contributed by atoms with van der Waals surface area (Å²) in [5, 5.41) is 0. The monoisotopic (exact) mass is 266 g/mol. The molecule has 2 atom stereocenters. The minimum atomic E-state index is -0.216. The van der Waals surface area contributed by atoms with Crippen LogP contribution in [0, 0.1) is 5.92 Å². The molecule has 2 aromatic carbocycles. The number of benzene rings is 2. The summed E-state index contributed by atoms with van der Waals surface area (Å²) in [5.74, 6) is 0.703. The van der Waals surface area contributed by atoms with Crippen molar-refractivity contribution in [1.29, 1.82) is 0 Å². The highest BCUT2D eigenvalue weighted by atomic mass is 16.6. The Bertz CT molecular complexity index is 507. The third kappa shape index (κ3) is 2.27. The minimum absolute atomic E-state index is 0.216. The molecule has 0 N–H and O–H groups in total. The van der Waals surface area contributed by atoms with Gasteiger partial charge in [-0.25, -0.2) is 0 Å². The summed E-state index contributed by atoms with van der Waals surface area (Å²) in [6, 6.07) is 21.3. The first-order valence-electron chi connectivity index (χ1n) is 7.56. The van der Waals surface area contributed by atoms with Gasteiger partial charge in [-0.1, -0.05) is 80.9 Å². The lowest BCUT2D eigenvalue weighted by atomic mass is 9.85. The Labute approximate surface area is 121 Å². The second-order valence-electron chi connectivity index (χ2n) is 5.82. The molecule has 1 heterocycles. The SMILES string of the molecule is CCC(C)CC1OC1(c1ccccc1)c1ccccc1. The molecule has 0 amide bonds. The van der Waals surface area contributed by atoms with Gasteiger partial charge in [-0.2, -0.15) is 0 Å². The number of hydrogen-bond donors (Lipinski definition) is 0. The highest BCUT2D eigenvalue weighted by molar-refractivity contribution is 5.42. The molecule has 1 saturated heterocycles. The fourth-order valence-corrected chi connectivity index (χ4v) is 2.98. The summed E-state index contributed by atoms with van der Waals surface area (Å²) < 4.78 is 6.25. The molecular formula is C19H22O. The average Bonchev–Trinajstić information content (AvgIpc) is 3.24. The van der Waals surface area contributed by atoms with Crippen molar-refractivity contribution in [3.8, 4) is 0 Å². The van der Waals surface area contributed by atoms with Crippen LogP contribution in [0.25, 0.3) is 0 Å². The zero-order valence-electron chi connectivity index (χ0n) is 12.3. The van der Waals surface area contributed by atoms with Gasteiger partial charge >= 0.3 is 0 Å². The van der Waals surface area contributed by atoms with Gasteiger partial charge in [-0.15, -0.1) is 0 Å². The first kappa shape index (κ1) is 13.4. The molecule has 0 aliphatic carbocycles. The van der Waals surface area contributed by atoms with Gasteiger partial charge in [0, 0.05) is 0 Å². The zero-order chi connectivity index (χ0) is 14.0. The van der Waals surface area contributed by atoms with E-state index in [9.17, 15) is 0 Å². The molecule has 1 aliphatic rings. The quantitative estimate of drug-likeness (QED) is 0.710. The Balaban J connectivity index is 1.95. The molecule has 0 radical (unpaired) electrons. The van der Waals surface area contributed by atoms with E-state index in [0.29, 0.717) is 12.0 Å². The Morgan fingerprint density at radius 2 is 1.45 bits per heavy atom. The van der Waals surface area contributed by atoms with Crippen LogP contribution in [0.4, 0.5) is 0 Å². The van der Waals surface area contributed by atoms with E-state index in [0.717, 1.165) is 6.42 Å². The Morgan fingerprint density at radius 3 is 1.90 bits per heavy atom. The molecule has 0 bridgehead atoms. The predicted molar refractivity (Wildman–Crippen MR) is 82.6 cm³/mol. The molecule has 1 nitrogen and oxygen atoms in total. The predicted octanol–water partition coefficient (Wildman–Crippen LogP) is 4.77. The minimum Gasteiger partial charge on any atom is -0.356 e. The maximum atomic E-state index is 6.25. The van der Waals surface area contributed by atoms with Gasteiger partial charge in [0.15, 0.2) is 0 Å². The summed E-state index contributed by atoms with van der Waals surface area (Å²) in [5.41, 5.74) is 2.34. The molecule has 2 unspecified atom stereocenters.